The fraction of sp³-hybridized carbons (Fsp3) is 0.190. The molecule has 0 spiro atoms. The molecule has 2 aromatic rings. The third-order valence-corrected chi connectivity index (χ3v) is 6.18. The summed E-state index contributed by atoms with van der Waals surface area (Å²) in [6.45, 7) is 1.72. The molecule has 0 aliphatic carbocycles. The standard InChI is InChI=1S/C21H16BrN3O5S/c1-2-30-21(27)17(12-23)20-24(15-8-6-14(22)7-9-15)19(26)18(31-20)11-13-4-3-5-16(10-13)25(28)29/h3-10,18H,2,11H2,1H3/b20-17-/t18-/m0/s1. The molecule has 1 aliphatic rings. The van der Waals surface area contributed by atoms with Crippen molar-refractivity contribution in [2.75, 3.05) is 11.5 Å². The van der Waals surface area contributed by atoms with Crippen LogP contribution in [0.25, 0.3) is 0 Å². The van der Waals surface area contributed by atoms with Crippen LogP contribution in [-0.4, -0.2) is 28.7 Å². The van der Waals surface area contributed by atoms with E-state index in [1.165, 1.54) is 17.0 Å². The first-order valence-corrected chi connectivity index (χ1v) is 10.8. The van der Waals surface area contributed by atoms with Crippen LogP contribution in [0, 0.1) is 21.4 Å². The number of anilines is 1. The number of halogens is 1. The number of thioether (sulfide) groups is 1. The number of non-ortho nitro benzene ring substituents is 1. The normalized spacial score (nSPS) is 17.3. The van der Waals surface area contributed by atoms with Crippen LogP contribution in [0.3, 0.4) is 0 Å². The van der Waals surface area contributed by atoms with Gasteiger partial charge >= 0.3 is 5.97 Å². The lowest BCUT2D eigenvalue weighted by Gasteiger charge is -2.18. The van der Waals surface area contributed by atoms with Gasteiger partial charge < -0.3 is 4.74 Å². The fourth-order valence-electron chi connectivity index (χ4n) is 3.01. The number of nitro benzene ring substituents is 1. The summed E-state index contributed by atoms with van der Waals surface area (Å²) in [5, 5.41) is 20.2. The average molecular weight is 502 g/mol. The molecule has 1 fully saturated rings. The highest BCUT2D eigenvalue weighted by Crippen LogP contribution is 2.42. The number of nitro groups is 1. The number of hydrogen-bond acceptors (Lipinski definition) is 7. The fourth-order valence-corrected chi connectivity index (χ4v) is 4.57. The van der Waals surface area contributed by atoms with E-state index in [1.807, 2.05) is 6.07 Å². The number of nitrogens with zero attached hydrogens (tertiary/aromatic N) is 3. The molecule has 1 aliphatic heterocycles. The monoisotopic (exact) mass is 501 g/mol. The Balaban J connectivity index is 2.03. The number of carbonyl (C=O) groups excluding carboxylic acids is 2. The number of esters is 1. The van der Waals surface area contributed by atoms with Crippen molar-refractivity contribution in [2.45, 2.75) is 18.6 Å². The molecule has 0 unspecified atom stereocenters. The van der Waals surface area contributed by atoms with E-state index in [9.17, 15) is 25.0 Å². The average Bonchev–Trinajstić information content (AvgIpc) is 3.05. The van der Waals surface area contributed by atoms with E-state index >= 15 is 0 Å². The summed E-state index contributed by atoms with van der Waals surface area (Å²) in [5.74, 6) is -1.13. The van der Waals surface area contributed by atoms with E-state index in [1.54, 1.807) is 43.3 Å². The van der Waals surface area contributed by atoms with E-state index in [0.29, 0.717) is 11.3 Å². The zero-order valence-electron chi connectivity index (χ0n) is 16.3. The van der Waals surface area contributed by atoms with Crippen LogP contribution in [0.4, 0.5) is 11.4 Å². The molecule has 0 bridgehead atoms. The number of carbonyl (C=O) groups is 2. The van der Waals surface area contributed by atoms with Crippen molar-refractivity contribution in [2.24, 2.45) is 0 Å². The van der Waals surface area contributed by atoms with Gasteiger partial charge in [-0.2, -0.15) is 5.26 Å². The van der Waals surface area contributed by atoms with E-state index in [4.69, 9.17) is 4.74 Å². The predicted molar refractivity (Wildman–Crippen MR) is 119 cm³/mol. The Labute approximate surface area is 190 Å². The summed E-state index contributed by atoms with van der Waals surface area (Å²) in [6.07, 6.45) is 0.198. The van der Waals surface area contributed by atoms with Crippen LogP contribution in [0.15, 0.2) is 63.6 Å². The Morgan fingerprint density at radius 3 is 2.65 bits per heavy atom. The maximum Gasteiger partial charge on any atom is 0.351 e. The smallest absolute Gasteiger partial charge is 0.351 e. The maximum absolute atomic E-state index is 13.3. The van der Waals surface area contributed by atoms with Crippen molar-refractivity contribution in [1.82, 2.24) is 0 Å². The molecule has 31 heavy (non-hydrogen) atoms. The van der Waals surface area contributed by atoms with Gasteiger partial charge in [0.2, 0.25) is 5.91 Å². The molecule has 8 nitrogen and oxygen atoms in total. The number of hydrogen-bond donors (Lipinski definition) is 0. The van der Waals surface area contributed by atoms with Crippen LogP contribution >= 0.6 is 27.7 Å². The van der Waals surface area contributed by atoms with Crippen molar-refractivity contribution in [3.63, 3.8) is 0 Å². The van der Waals surface area contributed by atoms with Gasteiger partial charge in [-0.1, -0.05) is 39.8 Å². The molecule has 0 saturated carbocycles. The molecule has 10 heteroatoms. The first-order valence-electron chi connectivity index (χ1n) is 9.16. The lowest BCUT2D eigenvalue weighted by molar-refractivity contribution is -0.384. The lowest BCUT2D eigenvalue weighted by Crippen LogP contribution is -2.30. The molecule has 0 N–H and O–H groups in total. The van der Waals surface area contributed by atoms with Gasteiger partial charge in [0.1, 0.15) is 11.1 Å². The van der Waals surface area contributed by atoms with Gasteiger partial charge in [-0.05, 0) is 43.2 Å². The largest absolute Gasteiger partial charge is 0.462 e. The first-order chi connectivity index (χ1) is 14.8. The summed E-state index contributed by atoms with van der Waals surface area (Å²) in [6, 6.07) is 14.8. The van der Waals surface area contributed by atoms with Crippen molar-refractivity contribution in [3.05, 3.63) is 79.3 Å². The Kier molecular flexibility index (Phi) is 7.09. The van der Waals surface area contributed by atoms with Gasteiger partial charge in [0.25, 0.3) is 5.69 Å². The Hall–Kier alpha value is -3.16. The summed E-state index contributed by atoms with van der Waals surface area (Å²) in [4.78, 5) is 37.5. The highest BCUT2D eigenvalue weighted by molar-refractivity contribution is 9.10. The summed E-state index contributed by atoms with van der Waals surface area (Å²) >= 11 is 4.42. The molecule has 158 valence electrons. The molecule has 3 rings (SSSR count). The Morgan fingerprint density at radius 2 is 2.03 bits per heavy atom. The second kappa shape index (κ2) is 9.76. The van der Waals surface area contributed by atoms with Crippen LogP contribution in [0.1, 0.15) is 12.5 Å². The zero-order valence-corrected chi connectivity index (χ0v) is 18.7. The summed E-state index contributed by atoms with van der Waals surface area (Å²) in [7, 11) is 0. The molecular formula is C21H16BrN3O5S. The number of nitriles is 1. The molecule has 2 aromatic carbocycles. The topological polar surface area (TPSA) is 114 Å². The van der Waals surface area contributed by atoms with Crippen LogP contribution in [0.2, 0.25) is 0 Å². The molecule has 1 saturated heterocycles. The minimum Gasteiger partial charge on any atom is -0.462 e. The number of ether oxygens (including phenoxy) is 1. The van der Waals surface area contributed by atoms with E-state index in [2.05, 4.69) is 15.9 Å². The van der Waals surface area contributed by atoms with Crippen LogP contribution in [0.5, 0.6) is 0 Å². The molecule has 0 radical (unpaired) electrons. The van der Waals surface area contributed by atoms with Gasteiger partial charge in [-0.25, -0.2) is 4.79 Å². The molecule has 1 amide bonds. The van der Waals surface area contributed by atoms with Crippen LogP contribution < -0.4 is 4.90 Å². The number of rotatable bonds is 6. The minimum absolute atomic E-state index is 0.0716. The zero-order chi connectivity index (χ0) is 22.5. The molecule has 0 aromatic heterocycles. The summed E-state index contributed by atoms with van der Waals surface area (Å²) < 4.78 is 5.79. The van der Waals surface area contributed by atoms with Gasteiger partial charge in [0, 0.05) is 22.3 Å². The quantitative estimate of drug-likeness (QED) is 0.190. The second-order valence-electron chi connectivity index (χ2n) is 6.40. The third-order valence-electron chi connectivity index (χ3n) is 4.39. The van der Waals surface area contributed by atoms with Gasteiger partial charge in [-0.3, -0.25) is 19.8 Å². The van der Waals surface area contributed by atoms with Crippen molar-refractivity contribution in [1.29, 1.82) is 5.26 Å². The predicted octanol–water partition coefficient (Wildman–Crippen LogP) is 4.35. The number of amides is 1. The van der Waals surface area contributed by atoms with Gasteiger partial charge in [0.05, 0.1) is 16.8 Å². The highest BCUT2D eigenvalue weighted by Gasteiger charge is 2.41. The Bertz CT molecular complexity index is 1110. The van der Waals surface area contributed by atoms with Crippen LogP contribution in [-0.2, 0) is 20.7 Å². The van der Waals surface area contributed by atoms with E-state index in [-0.39, 0.29) is 35.2 Å². The van der Waals surface area contributed by atoms with E-state index in [0.717, 1.165) is 16.2 Å². The third kappa shape index (κ3) is 4.95. The molecular weight excluding hydrogens is 486 g/mol. The highest BCUT2D eigenvalue weighted by atomic mass is 79.9. The van der Waals surface area contributed by atoms with Gasteiger partial charge in [0.15, 0.2) is 5.57 Å². The Morgan fingerprint density at radius 1 is 1.32 bits per heavy atom. The lowest BCUT2D eigenvalue weighted by atomic mass is 10.1. The minimum atomic E-state index is -0.807. The van der Waals surface area contributed by atoms with Crippen molar-refractivity contribution < 1.29 is 19.2 Å². The van der Waals surface area contributed by atoms with E-state index < -0.39 is 16.1 Å². The number of benzene rings is 2. The maximum atomic E-state index is 13.3. The van der Waals surface area contributed by atoms with Crippen molar-refractivity contribution in [3.8, 4) is 6.07 Å². The first kappa shape index (κ1) is 22.5. The van der Waals surface area contributed by atoms with Gasteiger partial charge in [-0.15, -0.1) is 0 Å². The molecule has 1 atom stereocenters. The molecule has 1 heterocycles. The SMILES string of the molecule is CCOC(=O)/C(C#N)=C1\S[C@@H](Cc2cccc([N+](=O)[O-])c2)C(=O)N1c1ccc(Br)cc1. The second-order valence-corrected chi connectivity index (χ2v) is 8.51. The van der Waals surface area contributed by atoms with Crippen molar-refractivity contribution >= 4 is 50.9 Å². The summed E-state index contributed by atoms with van der Waals surface area (Å²) in [5.41, 5.74) is 0.767.